The molecule has 3 aromatic rings. The Labute approximate surface area is 216 Å². The Balaban J connectivity index is 1.36. The van der Waals surface area contributed by atoms with Gasteiger partial charge in [-0.3, -0.25) is 4.79 Å². The predicted molar refractivity (Wildman–Crippen MR) is 142 cm³/mol. The average molecular weight is 524 g/mol. The van der Waals surface area contributed by atoms with Crippen LogP contribution >= 0.6 is 11.3 Å². The molecule has 0 unspecified atom stereocenters. The third-order valence-corrected chi connectivity index (χ3v) is 10.4. The summed E-state index contributed by atoms with van der Waals surface area (Å²) in [6.07, 6.45) is 8.61. The number of hydrogen-bond acceptors (Lipinski definition) is 7. The van der Waals surface area contributed by atoms with Gasteiger partial charge in [-0.15, -0.1) is 11.3 Å². The number of aromatic nitrogens is 2. The van der Waals surface area contributed by atoms with Crippen LogP contribution in [0.3, 0.4) is 0 Å². The van der Waals surface area contributed by atoms with E-state index in [-0.39, 0.29) is 23.1 Å². The molecule has 0 spiro atoms. The smallest absolute Gasteiger partial charge is 0.222 e. The lowest BCUT2D eigenvalue weighted by Crippen LogP contribution is -2.39. The largest absolute Gasteiger partial charge is 0.353 e. The average Bonchev–Trinajstić information content (AvgIpc) is 3.63. The lowest BCUT2D eigenvalue weighted by molar-refractivity contribution is -0.124. The fourth-order valence-corrected chi connectivity index (χ4v) is 7.67. The van der Waals surface area contributed by atoms with E-state index in [1.54, 1.807) is 35.7 Å². The van der Waals surface area contributed by atoms with Crippen LogP contribution in [-0.2, 0) is 14.6 Å². The summed E-state index contributed by atoms with van der Waals surface area (Å²) in [7, 11) is -3.43. The molecule has 0 saturated heterocycles. The summed E-state index contributed by atoms with van der Waals surface area (Å²) in [6.45, 7) is 3.82. The van der Waals surface area contributed by atoms with E-state index in [4.69, 9.17) is 4.98 Å². The maximum atomic E-state index is 13.4. The number of benzene rings is 1. The van der Waals surface area contributed by atoms with Crippen LogP contribution in [-0.4, -0.2) is 35.6 Å². The predicted octanol–water partition coefficient (Wildman–Crippen LogP) is 5.48. The van der Waals surface area contributed by atoms with Gasteiger partial charge in [0, 0.05) is 47.6 Å². The molecule has 0 atom stereocenters. The zero-order chi connectivity index (χ0) is 25.3. The monoisotopic (exact) mass is 523 g/mol. The Hall–Kier alpha value is -2.78. The van der Waals surface area contributed by atoms with Crippen molar-refractivity contribution in [3.63, 3.8) is 0 Å². The second kappa shape index (κ2) is 10.3. The Kier molecular flexibility index (Phi) is 7.12. The van der Waals surface area contributed by atoms with Gasteiger partial charge in [0.15, 0.2) is 9.84 Å². The molecule has 0 bridgehead atoms. The lowest BCUT2D eigenvalue weighted by atomic mass is 9.86. The summed E-state index contributed by atoms with van der Waals surface area (Å²) in [5.41, 5.74) is 1.40. The summed E-state index contributed by atoms with van der Waals surface area (Å²) in [4.78, 5) is 22.2. The summed E-state index contributed by atoms with van der Waals surface area (Å²) in [6, 6.07) is 12.2. The van der Waals surface area contributed by atoms with E-state index in [2.05, 4.69) is 21.7 Å². The first-order valence-electron chi connectivity index (χ1n) is 12.5. The minimum atomic E-state index is -3.43. The molecular formula is C27H31N4O3S2. The van der Waals surface area contributed by atoms with Crippen molar-refractivity contribution >= 4 is 38.6 Å². The molecule has 189 valence electrons. The Morgan fingerprint density at radius 3 is 2.53 bits per heavy atom. The van der Waals surface area contributed by atoms with Crippen LogP contribution in [0, 0.1) is 12.0 Å². The van der Waals surface area contributed by atoms with Gasteiger partial charge in [0.25, 0.3) is 0 Å². The van der Waals surface area contributed by atoms with Crippen molar-refractivity contribution in [2.75, 3.05) is 5.32 Å². The summed E-state index contributed by atoms with van der Waals surface area (Å²) < 4.78 is 26.8. The number of carbonyl (C=O) groups is 1. The highest BCUT2D eigenvalue weighted by Crippen LogP contribution is 2.43. The van der Waals surface area contributed by atoms with Gasteiger partial charge >= 0.3 is 0 Å². The Bertz CT molecular complexity index is 1330. The normalized spacial score (nSPS) is 20.3. The van der Waals surface area contributed by atoms with Gasteiger partial charge in [0.05, 0.1) is 20.0 Å². The second-order valence-corrected chi connectivity index (χ2v) is 13.3. The summed E-state index contributed by atoms with van der Waals surface area (Å²) in [5.74, 6) is 1.07. The number of pyridine rings is 1. The molecule has 2 heterocycles. The first-order valence-corrected chi connectivity index (χ1v) is 14.9. The minimum Gasteiger partial charge on any atom is -0.353 e. The minimum absolute atomic E-state index is 0.00518. The molecule has 2 N–H and O–H groups in total. The summed E-state index contributed by atoms with van der Waals surface area (Å²) >= 11 is 1.58. The highest BCUT2D eigenvalue weighted by molar-refractivity contribution is 7.92. The molecule has 5 rings (SSSR count). The van der Waals surface area contributed by atoms with Gasteiger partial charge in [0.1, 0.15) is 5.82 Å². The molecule has 1 amide bonds. The topological polar surface area (TPSA) is 101 Å². The fraction of sp³-hybridized carbons (Fsp3) is 0.444. The zero-order valence-electron chi connectivity index (χ0n) is 20.5. The number of nitrogens with one attached hydrogen (secondary N) is 2. The number of sulfone groups is 1. The molecular weight excluding hydrogens is 492 g/mol. The molecule has 2 aromatic heterocycles. The van der Waals surface area contributed by atoms with Crippen LogP contribution in [0.25, 0.3) is 10.4 Å². The van der Waals surface area contributed by atoms with Gasteiger partial charge in [-0.25, -0.2) is 18.4 Å². The van der Waals surface area contributed by atoms with Crippen molar-refractivity contribution in [1.82, 2.24) is 15.3 Å². The van der Waals surface area contributed by atoms with Crippen molar-refractivity contribution in [3.05, 3.63) is 53.8 Å². The van der Waals surface area contributed by atoms with Gasteiger partial charge < -0.3 is 10.6 Å². The number of rotatable bonds is 8. The van der Waals surface area contributed by atoms with Gasteiger partial charge in [-0.1, -0.05) is 19.9 Å². The lowest BCUT2D eigenvalue weighted by Gasteiger charge is -2.28. The van der Waals surface area contributed by atoms with E-state index < -0.39 is 9.84 Å². The number of anilines is 2. The number of nitrogens with zero attached hydrogens (tertiary/aromatic N) is 2. The molecule has 36 heavy (non-hydrogen) atoms. The molecule has 2 saturated carbocycles. The molecule has 2 aliphatic rings. The van der Waals surface area contributed by atoms with Crippen LogP contribution in [0.2, 0.25) is 0 Å². The van der Waals surface area contributed by atoms with Crippen molar-refractivity contribution < 1.29 is 13.2 Å². The highest BCUT2D eigenvalue weighted by atomic mass is 32.2. The third kappa shape index (κ3) is 5.47. The SMILES string of the molecule is CC(C)C(=O)NC1CCC(c2ncc(-c3ccc(Nc4cc[c]cn4)cc3S(=O)(=O)C3CC3)s2)CC1. The van der Waals surface area contributed by atoms with Crippen LogP contribution in [0.4, 0.5) is 11.5 Å². The van der Waals surface area contributed by atoms with E-state index in [1.165, 1.54) is 0 Å². The van der Waals surface area contributed by atoms with Crippen LogP contribution in [0.1, 0.15) is 63.3 Å². The molecule has 2 fully saturated rings. The van der Waals surface area contributed by atoms with Crippen LogP contribution < -0.4 is 10.6 Å². The Morgan fingerprint density at radius 2 is 1.86 bits per heavy atom. The number of amides is 1. The standard InChI is InChI=1S/C27H31N4O3S2/c1-17(2)26(32)31-19-8-6-18(7-9-19)27-29-16-23(35-27)22-13-10-20(30-25-5-3-4-14-28-25)15-24(22)36(33,34)21-11-12-21/h3,5,10,13-19,21H,6-9,11-12H2,1-2H3,(H,28,30)(H,31,32). The maximum absolute atomic E-state index is 13.4. The van der Waals surface area contributed by atoms with E-state index in [0.29, 0.717) is 40.7 Å². The Morgan fingerprint density at radius 1 is 1.08 bits per heavy atom. The molecule has 1 radical (unpaired) electrons. The molecule has 0 aliphatic heterocycles. The maximum Gasteiger partial charge on any atom is 0.222 e. The highest BCUT2D eigenvalue weighted by Gasteiger charge is 2.38. The van der Waals surface area contributed by atoms with Gasteiger partial charge in [-0.2, -0.15) is 0 Å². The number of thiazole rings is 1. The van der Waals surface area contributed by atoms with Crippen LogP contribution in [0.15, 0.2) is 47.6 Å². The quantitative estimate of drug-likeness (QED) is 0.405. The number of hydrogen-bond donors (Lipinski definition) is 2. The fourth-order valence-electron chi connectivity index (χ4n) is 4.59. The van der Waals surface area contributed by atoms with Crippen molar-refractivity contribution in [2.24, 2.45) is 5.92 Å². The zero-order valence-corrected chi connectivity index (χ0v) is 22.2. The van der Waals surface area contributed by atoms with Crippen molar-refractivity contribution in [3.8, 4) is 10.4 Å². The molecule has 1 aromatic carbocycles. The van der Waals surface area contributed by atoms with Crippen LogP contribution in [0.5, 0.6) is 0 Å². The molecule has 9 heteroatoms. The van der Waals surface area contributed by atoms with E-state index in [0.717, 1.165) is 35.6 Å². The first-order chi connectivity index (χ1) is 17.3. The van der Waals surface area contributed by atoms with E-state index in [9.17, 15) is 13.2 Å². The molecule has 2 aliphatic carbocycles. The summed E-state index contributed by atoms with van der Waals surface area (Å²) in [5, 5.41) is 7.08. The molecule has 7 nitrogen and oxygen atoms in total. The van der Waals surface area contributed by atoms with Gasteiger partial charge in [0.2, 0.25) is 5.91 Å². The van der Waals surface area contributed by atoms with Crippen molar-refractivity contribution in [1.29, 1.82) is 0 Å². The number of carbonyl (C=O) groups excluding carboxylic acids is 1. The van der Waals surface area contributed by atoms with E-state index >= 15 is 0 Å². The van der Waals surface area contributed by atoms with E-state index in [1.807, 2.05) is 32.2 Å². The van der Waals surface area contributed by atoms with Gasteiger partial charge in [-0.05, 0) is 62.8 Å². The van der Waals surface area contributed by atoms with Crippen molar-refractivity contribution in [2.45, 2.75) is 74.5 Å². The second-order valence-electron chi connectivity index (χ2n) is 10.00. The first kappa shape index (κ1) is 24.9. The third-order valence-electron chi connectivity index (χ3n) is 6.88.